The van der Waals surface area contributed by atoms with Crippen LogP contribution in [0.3, 0.4) is 0 Å². The highest BCUT2D eigenvalue weighted by atomic mass is 32.2. The molecule has 0 aliphatic rings. The molecule has 1 N–H and O–H groups in total. The lowest BCUT2D eigenvalue weighted by Gasteiger charge is -2.23. The Balaban J connectivity index is 0.965. The first-order valence-electron chi connectivity index (χ1n) is 18.1. The predicted molar refractivity (Wildman–Crippen MR) is 218 cm³/mol. The van der Waals surface area contributed by atoms with Gasteiger partial charge in [-0.1, -0.05) is 66.7 Å². The number of azo groups is 2. The monoisotopic (exact) mass is 736 g/mol. The highest BCUT2D eigenvalue weighted by Gasteiger charge is 2.12. The van der Waals surface area contributed by atoms with E-state index in [2.05, 4.69) is 97.8 Å². The highest BCUT2D eigenvalue weighted by Crippen LogP contribution is 2.26. The van der Waals surface area contributed by atoms with Crippen LogP contribution in [0.5, 0.6) is 0 Å². The first-order valence-corrected chi connectivity index (χ1v) is 19.5. The molecule has 0 saturated carbocycles. The van der Waals surface area contributed by atoms with E-state index >= 15 is 0 Å². The summed E-state index contributed by atoms with van der Waals surface area (Å²) < 4.78 is 32.5. The quantitative estimate of drug-likeness (QED) is 0.0785. The maximum Gasteiger partial charge on any atom is 0.294 e. The van der Waals surface area contributed by atoms with Gasteiger partial charge in [0.05, 0.1) is 27.6 Å². The van der Waals surface area contributed by atoms with Gasteiger partial charge in [-0.05, 0) is 134 Å². The summed E-state index contributed by atoms with van der Waals surface area (Å²) >= 11 is 0. The maximum absolute atomic E-state index is 11.5. The summed E-state index contributed by atoms with van der Waals surface area (Å²) in [4.78, 5) is 4.34. The molecule has 0 unspecified atom stereocenters. The predicted octanol–water partition coefficient (Wildman–Crippen LogP) is 11.6. The van der Waals surface area contributed by atoms with Crippen LogP contribution in [0, 0.1) is 0 Å². The summed E-state index contributed by atoms with van der Waals surface area (Å²) in [5.74, 6) is 0. The van der Waals surface area contributed by atoms with Crippen LogP contribution in [0.2, 0.25) is 0 Å². The van der Waals surface area contributed by atoms with Crippen LogP contribution < -0.4 is 9.80 Å². The second-order valence-corrected chi connectivity index (χ2v) is 14.3. The molecule has 9 nitrogen and oxygen atoms in total. The minimum absolute atomic E-state index is 0.110. The van der Waals surface area contributed by atoms with Crippen LogP contribution in [0.4, 0.5) is 34.1 Å². The van der Waals surface area contributed by atoms with Gasteiger partial charge in [0.15, 0.2) is 0 Å². The van der Waals surface area contributed by atoms with Gasteiger partial charge >= 0.3 is 0 Å². The van der Waals surface area contributed by atoms with E-state index < -0.39 is 10.1 Å². The molecule has 0 atom stereocenters. The third-order valence-corrected chi connectivity index (χ3v) is 9.97. The molecule has 0 fully saturated rings. The molecule has 0 bridgehead atoms. The summed E-state index contributed by atoms with van der Waals surface area (Å²) in [6.45, 7) is 7.19. The van der Waals surface area contributed by atoms with E-state index in [0.717, 1.165) is 65.6 Å². The number of rotatable bonds is 16. The Bertz CT molecular complexity index is 2260. The van der Waals surface area contributed by atoms with Crippen LogP contribution in [0.15, 0.2) is 177 Å². The number of hydrogen-bond donors (Lipinski definition) is 1. The normalized spacial score (nSPS) is 11.7. The van der Waals surface area contributed by atoms with Crippen molar-refractivity contribution in [2.24, 2.45) is 20.5 Å². The van der Waals surface area contributed by atoms with E-state index in [9.17, 15) is 13.0 Å². The lowest BCUT2D eigenvalue weighted by atomic mass is 10.0. The van der Waals surface area contributed by atoms with Crippen molar-refractivity contribution >= 4 is 44.2 Å². The molecule has 0 radical (unpaired) electrons. The smallest absolute Gasteiger partial charge is 0.294 e. The number of aryl methyl sites for hydroxylation is 2. The summed E-state index contributed by atoms with van der Waals surface area (Å²) in [6, 6.07) is 49.2. The minimum Gasteiger partial charge on any atom is -0.367 e. The molecule has 6 rings (SSSR count). The Morgan fingerprint density at radius 1 is 0.463 bits per heavy atom. The molecule has 0 amide bonds. The van der Waals surface area contributed by atoms with E-state index in [4.69, 9.17) is 0 Å². The molecular weight excluding hydrogens is 693 g/mol. The van der Waals surface area contributed by atoms with Gasteiger partial charge in [-0.15, -0.1) is 0 Å². The fourth-order valence-corrected chi connectivity index (χ4v) is 6.59. The minimum atomic E-state index is -4.25. The average Bonchev–Trinajstić information content (AvgIpc) is 3.21. The van der Waals surface area contributed by atoms with E-state index in [1.807, 2.05) is 79.7 Å². The van der Waals surface area contributed by atoms with Crippen molar-refractivity contribution in [3.63, 3.8) is 0 Å². The zero-order chi connectivity index (χ0) is 37.8. The molecule has 0 heterocycles. The van der Waals surface area contributed by atoms with Crippen LogP contribution in [-0.4, -0.2) is 26.1 Å². The first-order chi connectivity index (χ1) is 26.2. The lowest BCUT2D eigenvalue weighted by Crippen LogP contribution is -2.22. The molecular formula is C44H44N6O3S. The Labute approximate surface area is 318 Å². The standard InChI is InChI=1S/C44H44N6O3S/c1-3-49(32-36-9-6-5-7-10-36)42-27-23-40(24-28-42)47-45-38-19-15-34(16-20-38)13-14-35-17-21-39(22-18-35)46-48-41-25-29-43(30-26-41)50(4-2)33-37-11-8-12-44(31-37)54(51,52)53/h5-12,15-31H,3-4,13-14,32-33H2,1-2H3,(H,51,52,53). The van der Waals surface area contributed by atoms with Gasteiger partial charge in [0.2, 0.25) is 0 Å². The van der Waals surface area contributed by atoms with Crippen molar-refractivity contribution < 1.29 is 13.0 Å². The Morgan fingerprint density at radius 2 is 0.852 bits per heavy atom. The molecule has 10 heteroatoms. The van der Waals surface area contributed by atoms with Gasteiger partial charge in [0, 0.05) is 37.6 Å². The third kappa shape index (κ3) is 10.8. The Hall–Kier alpha value is -5.97. The van der Waals surface area contributed by atoms with E-state index in [1.165, 1.54) is 28.8 Å². The highest BCUT2D eigenvalue weighted by molar-refractivity contribution is 7.85. The van der Waals surface area contributed by atoms with Gasteiger partial charge in [-0.3, -0.25) is 4.55 Å². The summed E-state index contributed by atoms with van der Waals surface area (Å²) in [6.07, 6.45) is 1.81. The maximum atomic E-state index is 11.5. The second-order valence-electron chi connectivity index (χ2n) is 12.9. The molecule has 54 heavy (non-hydrogen) atoms. The molecule has 0 aromatic heterocycles. The topological polar surface area (TPSA) is 110 Å². The van der Waals surface area contributed by atoms with Crippen LogP contribution in [0.25, 0.3) is 0 Å². The summed E-state index contributed by atoms with van der Waals surface area (Å²) in [5, 5.41) is 17.7. The largest absolute Gasteiger partial charge is 0.367 e. The molecule has 6 aromatic rings. The molecule has 0 aliphatic carbocycles. The van der Waals surface area contributed by atoms with Crippen molar-refractivity contribution in [1.82, 2.24) is 0 Å². The fraction of sp³-hybridized carbons (Fsp3) is 0.182. The first kappa shape index (κ1) is 37.8. The zero-order valence-electron chi connectivity index (χ0n) is 30.5. The van der Waals surface area contributed by atoms with Crippen molar-refractivity contribution in [1.29, 1.82) is 0 Å². The van der Waals surface area contributed by atoms with Crippen LogP contribution >= 0.6 is 0 Å². The van der Waals surface area contributed by atoms with Gasteiger partial charge in [0.25, 0.3) is 10.1 Å². The number of nitrogens with zero attached hydrogens (tertiary/aromatic N) is 6. The van der Waals surface area contributed by atoms with Crippen molar-refractivity contribution in [2.45, 2.75) is 44.7 Å². The van der Waals surface area contributed by atoms with Crippen molar-refractivity contribution in [3.8, 4) is 0 Å². The number of hydrogen-bond acceptors (Lipinski definition) is 8. The Morgan fingerprint density at radius 3 is 1.26 bits per heavy atom. The van der Waals surface area contributed by atoms with Crippen molar-refractivity contribution in [2.75, 3.05) is 22.9 Å². The summed E-state index contributed by atoms with van der Waals surface area (Å²) in [7, 11) is -4.25. The molecule has 274 valence electrons. The van der Waals surface area contributed by atoms with E-state index in [1.54, 1.807) is 6.07 Å². The molecule has 6 aromatic carbocycles. The fourth-order valence-electron chi connectivity index (χ4n) is 6.04. The zero-order valence-corrected chi connectivity index (χ0v) is 31.3. The molecule has 0 aliphatic heterocycles. The number of anilines is 2. The SMILES string of the molecule is CCN(Cc1ccccc1)c1ccc(N=Nc2ccc(CCc3ccc(N=Nc4ccc(N(CC)Cc5cccc(S(=O)(=O)O)c5)cc4)cc3)cc2)cc1. The van der Waals surface area contributed by atoms with Crippen LogP contribution in [-0.2, 0) is 36.0 Å². The Kier molecular flexibility index (Phi) is 12.7. The van der Waals surface area contributed by atoms with E-state index in [-0.39, 0.29) is 4.90 Å². The third-order valence-electron chi connectivity index (χ3n) is 9.12. The summed E-state index contributed by atoms with van der Waals surface area (Å²) in [5.41, 5.74) is 9.80. The molecule has 0 saturated heterocycles. The van der Waals surface area contributed by atoms with Gasteiger partial charge in [-0.25, -0.2) is 0 Å². The average molecular weight is 737 g/mol. The van der Waals surface area contributed by atoms with Gasteiger partial charge in [0.1, 0.15) is 0 Å². The molecule has 0 spiro atoms. The van der Waals surface area contributed by atoms with Crippen molar-refractivity contribution in [3.05, 3.63) is 174 Å². The second kappa shape index (κ2) is 18.2. The van der Waals surface area contributed by atoms with E-state index in [0.29, 0.717) is 13.1 Å². The number of benzene rings is 6. The van der Waals surface area contributed by atoms with Crippen LogP contribution in [0.1, 0.15) is 36.1 Å². The van der Waals surface area contributed by atoms with Gasteiger partial charge in [-0.2, -0.15) is 28.9 Å². The van der Waals surface area contributed by atoms with Gasteiger partial charge < -0.3 is 9.80 Å². The lowest BCUT2D eigenvalue weighted by molar-refractivity contribution is 0.483.